The smallest absolute Gasteiger partial charge is 0.260 e. The Morgan fingerprint density at radius 3 is 2.65 bits per heavy atom. The number of benzene rings is 1. The number of aromatic nitrogens is 2. The monoisotopic (exact) mass is 356 g/mol. The molecule has 0 radical (unpaired) electrons. The van der Waals surface area contributed by atoms with E-state index in [-0.39, 0.29) is 24.8 Å². The van der Waals surface area contributed by atoms with Crippen LogP contribution in [-0.4, -0.2) is 28.7 Å². The van der Waals surface area contributed by atoms with E-state index in [0.29, 0.717) is 11.3 Å². The van der Waals surface area contributed by atoms with Crippen molar-refractivity contribution in [2.75, 3.05) is 7.11 Å². The van der Waals surface area contributed by atoms with Crippen molar-refractivity contribution >= 4 is 22.8 Å². The highest BCUT2D eigenvalue weighted by atomic mass is 16.5. The van der Waals surface area contributed by atoms with Gasteiger partial charge in [-0.3, -0.25) is 25.1 Å². The van der Waals surface area contributed by atoms with Crippen LogP contribution in [0.15, 0.2) is 34.9 Å². The molecule has 0 aliphatic heterocycles. The highest BCUT2D eigenvalue weighted by Gasteiger charge is 2.13. The van der Waals surface area contributed by atoms with Gasteiger partial charge in [0.15, 0.2) is 0 Å². The van der Waals surface area contributed by atoms with Gasteiger partial charge in [0.2, 0.25) is 5.91 Å². The zero-order valence-corrected chi connectivity index (χ0v) is 14.8. The lowest BCUT2D eigenvalue weighted by Crippen LogP contribution is -2.44. The van der Waals surface area contributed by atoms with Crippen molar-refractivity contribution in [3.05, 3.63) is 47.5 Å². The number of aryl methyl sites for hydroxylation is 2. The second-order valence-electron chi connectivity index (χ2n) is 5.98. The van der Waals surface area contributed by atoms with Crippen molar-refractivity contribution in [2.45, 2.75) is 26.8 Å². The Morgan fingerprint density at radius 2 is 1.96 bits per heavy atom. The number of carbonyl (C=O) groups excluding carboxylic acids is 2. The zero-order valence-electron chi connectivity index (χ0n) is 14.8. The minimum absolute atomic E-state index is 0.0361. The molecule has 2 aromatic heterocycles. The molecule has 1 aromatic carbocycles. The molecule has 0 saturated carbocycles. The molecule has 8 heteroatoms. The second kappa shape index (κ2) is 7.30. The summed E-state index contributed by atoms with van der Waals surface area (Å²) < 4.78 is 12.2. The number of rotatable bonds is 5. The van der Waals surface area contributed by atoms with Gasteiger partial charge < -0.3 is 9.15 Å². The van der Waals surface area contributed by atoms with Crippen LogP contribution in [0.3, 0.4) is 0 Å². The second-order valence-corrected chi connectivity index (χ2v) is 5.98. The third-order valence-electron chi connectivity index (χ3n) is 3.95. The molecule has 0 saturated heterocycles. The minimum atomic E-state index is -0.355. The van der Waals surface area contributed by atoms with E-state index in [9.17, 15) is 9.59 Å². The fourth-order valence-electron chi connectivity index (χ4n) is 2.69. The molecule has 8 nitrogen and oxygen atoms in total. The molecular weight excluding hydrogens is 336 g/mol. The maximum absolute atomic E-state index is 12.1. The zero-order chi connectivity index (χ0) is 18.7. The molecular formula is C18H20N4O4. The highest BCUT2D eigenvalue weighted by Crippen LogP contribution is 2.25. The molecule has 0 atom stereocenters. The molecule has 0 unspecified atom stereocenters. The molecule has 0 aliphatic carbocycles. The van der Waals surface area contributed by atoms with E-state index >= 15 is 0 Å². The average molecular weight is 356 g/mol. The van der Waals surface area contributed by atoms with Gasteiger partial charge in [0.25, 0.3) is 5.91 Å². The van der Waals surface area contributed by atoms with E-state index < -0.39 is 0 Å². The first-order valence-electron chi connectivity index (χ1n) is 8.09. The van der Waals surface area contributed by atoms with Gasteiger partial charge in [-0.05, 0) is 32.0 Å². The molecule has 0 fully saturated rings. The normalized spacial score (nSPS) is 10.7. The van der Waals surface area contributed by atoms with Crippen LogP contribution >= 0.6 is 0 Å². The number of hydrogen-bond acceptors (Lipinski definition) is 5. The largest absolute Gasteiger partial charge is 0.497 e. The van der Waals surface area contributed by atoms with Crippen molar-refractivity contribution in [2.24, 2.45) is 0 Å². The third-order valence-corrected chi connectivity index (χ3v) is 3.95. The molecule has 0 spiro atoms. The number of carbonyl (C=O) groups is 2. The fourth-order valence-corrected chi connectivity index (χ4v) is 2.69. The summed E-state index contributed by atoms with van der Waals surface area (Å²) in [6.07, 6.45) is 1.61. The minimum Gasteiger partial charge on any atom is -0.497 e. The van der Waals surface area contributed by atoms with Gasteiger partial charge in [-0.1, -0.05) is 0 Å². The predicted molar refractivity (Wildman–Crippen MR) is 94.5 cm³/mol. The molecule has 2 N–H and O–H groups in total. The van der Waals surface area contributed by atoms with E-state index in [1.807, 2.05) is 26.0 Å². The number of hydrazine groups is 1. The summed E-state index contributed by atoms with van der Waals surface area (Å²) in [5.74, 6) is -0.0177. The van der Waals surface area contributed by atoms with Crippen LogP contribution in [0.5, 0.6) is 5.75 Å². The van der Waals surface area contributed by atoms with Gasteiger partial charge in [-0.25, -0.2) is 0 Å². The van der Waals surface area contributed by atoms with E-state index in [1.165, 1.54) is 6.26 Å². The summed E-state index contributed by atoms with van der Waals surface area (Å²) in [6, 6.07) is 7.27. The maximum atomic E-state index is 12.1. The van der Waals surface area contributed by atoms with Gasteiger partial charge in [0.05, 0.1) is 25.5 Å². The number of fused-ring (bicyclic) bond motifs is 1. The van der Waals surface area contributed by atoms with E-state index in [2.05, 4.69) is 16.0 Å². The van der Waals surface area contributed by atoms with E-state index in [0.717, 1.165) is 22.3 Å². The van der Waals surface area contributed by atoms with Crippen LogP contribution in [0, 0.1) is 13.8 Å². The summed E-state index contributed by atoms with van der Waals surface area (Å²) in [4.78, 5) is 24.0. The first kappa shape index (κ1) is 17.5. The number of hydrogen-bond donors (Lipinski definition) is 2. The van der Waals surface area contributed by atoms with Crippen LogP contribution < -0.4 is 15.6 Å². The van der Waals surface area contributed by atoms with E-state index in [1.54, 1.807) is 23.9 Å². The van der Waals surface area contributed by atoms with Gasteiger partial charge in [-0.15, -0.1) is 0 Å². The van der Waals surface area contributed by atoms with Crippen molar-refractivity contribution in [3.8, 4) is 5.75 Å². The lowest BCUT2D eigenvalue weighted by Gasteiger charge is -2.08. The Hall–Kier alpha value is -3.29. The van der Waals surface area contributed by atoms with Crippen molar-refractivity contribution < 1.29 is 18.7 Å². The van der Waals surface area contributed by atoms with Crippen molar-refractivity contribution in [1.29, 1.82) is 0 Å². The molecule has 136 valence electrons. The third kappa shape index (κ3) is 3.85. The van der Waals surface area contributed by atoms with Crippen LogP contribution in [-0.2, 0) is 22.6 Å². The molecule has 3 aromatic rings. The lowest BCUT2D eigenvalue weighted by atomic mass is 10.1. The highest BCUT2D eigenvalue weighted by molar-refractivity contribution is 5.89. The van der Waals surface area contributed by atoms with Crippen LogP contribution in [0.25, 0.3) is 11.0 Å². The number of nitrogens with one attached hydrogen (secondary N) is 2. The lowest BCUT2D eigenvalue weighted by molar-refractivity contribution is -0.129. The SMILES string of the molecule is COc1ccc2c(CC(=O)NNC(=O)Cn3nc(C)cc3C)coc2c1. The Morgan fingerprint density at radius 1 is 1.19 bits per heavy atom. The van der Waals surface area contributed by atoms with Gasteiger partial charge in [0, 0.05) is 22.7 Å². The number of amides is 2. The Kier molecular flexibility index (Phi) is 4.92. The summed E-state index contributed by atoms with van der Waals surface area (Å²) in [5, 5.41) is 5.04. The summed E-state index contributed by atoms with van der Waals surface area (Å²) in [6.45, 7) is 3.76. The first-order chi connectivity index (χ1) is 12.5. The number of nitrogens with zero attached hydrogens (tertiary/aromatic N) is 2. The van der Waals surface area contributed by atoms with Crippen molar-refractivity contribution in [1.82, 2.24) is 20.6 Å². The molecule has 0 aliphatic rings. The topological polar surface area (TPSA) is 98.4 Å². The molecule has 2 heterocycles. The van der Waals surface area contributed by atoms with Gasteiger partial charge in [-0.2, -0.15) is 5.10 Å². The quantitative estimate of drug-likeness (QED) is 0.677. The molecule has 3 rings (SSSR count). The Balaban J connectivity index is 1.56. The molecule has 26 heavy (non-hydrogen) atoms. The van der Waals surface area contributed by atoms with Gasteiger partial charge >= 0.3 is 0 Å². The number of ether oxygens (including phenoxy) is 1. The van der Waals surface area contributed by atoms with Crippen LogP contribution in [0.4, 0.5) is 0 Å². The predicted octanol–water partition coefficient (Wildman–Crippen LogP) is 1.64. The van der Waals surface area contributed by atoms with Crippen LogP contribution in [0.1, 0.15) is 17.0 Å². The maximum Gasteiger partial charge on any atom is 0.260 e. The Bertz CT molecular complexity index is 957. The standard InChI is InChI=1S/C18H20N4O4/c1-11-6-12(2)22(21-11)9-18(24)20-19-17(23)7-13-10-26-16-8-14(25-3)4-5-15(13)16/h4-6,8,10H,7,9H2,1-3H3,(H,19,23)(H,20,24). The fraction of sp³-hybridized carbons (Fsp3) is 0.278. The average Bonchev–Trinajstić information content (AvgIpc) is 3.15. The number of methoxy groups -OCH3 is 1. The van der Waals surface area contributed by atoms with E-state index in [4.69, 9.17) is 9.15 Å². The molecule has 0 bridgehead atoms. The Labute approximate surface area is 150 Å². The van der Waals surface area contributed by atoms with Crippen LogP contribution in [0.2, 0.25) is 0 Å². The molecule has 2 amide bonds. The first-order valence-corrected chi connectivity index (χ1v) is 8.09. The number of furan rings is 1. The summed E-state index contributed by atoms with van der Waals surface area (Å²) >= 11 is 0. The van der Waals surface area contributed by atoms with Gasteiger partial charge in [0.1, 0.15) is 17.9 Å². The summed E-state index contributed by atoms with van der Waals surface area (Å²) in [7, 11) is 1.58. The summed E-state index contributed by atoms with van der Waals surface area (Å²) in [5.41, 5.74) is 7.89. The van der Waals surface area contributed by atoms with Crippen molar-refractivity contribution in [3.63, 3.8) is 0 Å².